The number of ether oxygens (including phenoxy) is 1. The molecule has 2 nitrogen and oxygen atoms in total. The van der Waals surface area contributed by atoms with Crippen LogP contribution in [0, 0.1) is 0 Å². The molecule has 2 heterocycles. The summed E-state index contributed by atoms with van der Waals surface area (Å²) in [7, 11) is 1.72. The second-order valence-electron chi connectivity index (χ2n) is 3.42. The SMILES string of the molecule is COc1ccsc1CNCCc1cccs1. The minimum absolute atomic E-state index is 0.895. The van der Waals surface area contributed by atoms with Gasteiger partial charge < -0.3 is 10.1 Å². The normalized spacial score (nSPS) is 10.6. The second-order valence-corrected chi connectivity index (χ2v) is 5.45. The largest absolute Gasteiger partial charge is 0.496 e. The van der Waals surface area contributed by atoms with E-state index in [4.69, 9.17) is 4.74 Å². The van der Waals surface area contributed by atoms with E-state index >= 15 is 0 Å². The van der Waals surface area contributed by atoms with Crippen LogP contribution in [0.2, 0.25) is 0 Å². The van der Waals surface area contributed by atoms with Gasteiger partial charge >= 0.3 is 0 Å². The average molecular weight is 253 g/mol. The van der Waals surface area contributed by atoms with Crippen molar-refractivity contribution in [2.45, 2.75) is 13.0 Å². The average Bonchev–Trinajstić information content (AvgIpc) is 2.95. The summed E-state index contributed by atoms with van der Waals surface area (Å²) in [4.78, 5) is 2.71. The maximum atomic E-state index is 5.26. The standard InChI is InChI=1S/C12H15NOS2/c1-14-11-5-8-16-12(11)9-13-6-4-10-3-2-7-15-10/h2-3,5,7-8,13H,4,6,9H2,1H3. The highest BCUT2D eigenvalue weighted by Crippen LogP contribution is 2.23. The van der Waals surface area contributed by atoms with Crippen LogP contribution in [0.3, 0.4) is 0 Å². The Morgan fingerprint density at radius 2 is 2.19 bits per heavy atom. The number of nitrogens with one attached hydrogen (secondary N) is 1. The topological polar surface area (TPSA) is 21.3 Å². The van der Waals surface area contributed by atoms with Crippen molar-refractivity contribution in [3.05, 3.63) is 38.7 Å². The Hall–Kier alpha value is -0.840. The van der Waals surface area contributed by atoms with Gasteiger partial charge in [-0.1, -0.05) is 6.07 Å². The quantitative estimate of drug-likeness (QED) is 0.799. The fraction of sp³-hybridized carbons (Fsp3) is 0.333. The molecule has 0 aliphatic heterocycles. The summed E-state index contributed by atoms with van der Waals surface area (Å²) in [5, 5.41) is 7.63. The van der Waals surface area contributed by atoms with Crippen molar-refractivity contribution in [3.8, 4) is 5.75 Å². The first-order valence-corrected chi connectivity index (χ1v) is 6.99. The van der Waals surface area contributed by atoms with Gasteiger partial charge in [0.2, 0.25) is 0 Å². The molecule has 0 aromatic carbocycles. The number of hydrogen-bond acceptors (Lipinski definition) is 4. The van der Waals surface area contributed by atoms with Crippen LogP contribution in [0.4, 0.5) is 0 Å². The molecule has 4 heteroatoms. The van der Waals surface area contributed by atoms with Crippen LogP contribution in [0.25, 0.3) is 0 Å². The maximum Gasteiger partial charge on any atom is 0.134 e. The molecule has 16 heavy (non-hydrogen) atoms. The zero-order valence-electron chi connectivity index (χ0n) is 9.23. The van der Waals surface area contributed by atoms with Gasteiger partial charge in [-0.2, -0.15) is 0 Å². The summed E-state index contributed by atoms with van der Waals surface area (Å²) in [6.45, 7) is 1.91. The van der Waals surface area contributed by atoms with E-state index in [1.165, 1.54) is 9.75 Å². The molecule has 0 aliphatic carbocycles. The van der Waals surface area contributed by atoms with Crippen LogP contribution in [-0.2, 0) is 13.0 Å². The third-order valence-electron chi connectivity index (χ3n) is 2.34. The molecule has 1 N–H and O–H groups in total. The van der Waals surface area contributed by atoms with Gasteiger partial charge in [-0.15, -0.1) is 22.7 Å². The van der Waals surface area contributed by atoms with E-state index in [0.717, 1.165) is 25.3 Å². The molecular weight excluding hydrogens is 238 g/mol. The van der Waals surface area contributed by atoms with Crippen molar-refractivity contribution < 1.29 is 4.74 Å². The fourth-order valence-corrected chi connectivity index (χ4v) is 3.03. The van der Waals surface area contributed by atoms with Gasteiger partial charge in [0.25, 0.3) is 0 Å². The highest BCUT2D eigenvalue weighted by atomic mass is 32.1. The number of rotatable bonds is 6. The summed E-state index contributed by atoms with van der Waals surface area (Å²) < 4.78 is 5.26. The third kappa shape index (κ3) is 3.07. The van der Waals surface area contributed by atoms with Gasteiger partial charge in [-0.25, -0.2) is 0 Å². The Bertz CT molecular complexity index is 408. The van der Waals surface area contributed by atoms with Crippen molar-refractivity contribution in [3.63, 3.8) is 0 Å². The summed E-state index contributed by atoms with van der Waals surface area (Å²) in [6, 6.07) is 6.29. The Morgan fingerprint density at radius 1 is 1.25 bits per heavy atom. The third-order valence-corrected chi connectivity index (χ3v) is 4.18. The minimum Gasteiger partial charge on any atom is -0.496 e. The van der Waals surface area contributed by atoms with Gasteiger partial charge in [0.15, 0.2) is 0 Å². The van der Waals surface area contributed by atoms with Gasteiger partial charge in [0, 0.05) is 18.0 Å². The summed E-state index contributed by atoms with van der Waals surface area (Å²) >= 11 is 3.55. The minimum atomic E-state index is 0.895. The lowest BCUT2D eigenvalue weighted by atomic mass is 10.3. The van der Waals surface area contributed by atoms with Gasteiger partial charge in [0.1, 0.15) is 5.75 Å². The first-order chi connectivity index (χ1) is 7.90. The van der Waals surface area contributed by atoms with E-state index in [-0.39, 0.29) is 0 Å². The van der Waals surface area contributed by atoms with Crippen molar-refractivity contribution in [1.29, 1.82) is 0 Å². The highest BCUT2D eigenvalue weighted by molar-refractivity contribution is 7.10. The molecule has 0 bridgehead atoms. The smallest absolute Gasteiger partial charge is 0.134 e. The Kier molecular flexibility index (Phi) is 4.39. The lowest BCUT2D eigenvalue weighted by Gasteiger charge is -2.04. The van der Waals surface area contributed by atoms with Gasteiger partial charge in [-0.05, 0) is 29.3 Å². The zero-order chi connectivity index (χ0) is 11.2. The van der Waals surface area contributed by atoms with E-state index in [2.05, 4.69) is 28.2 Å². The summed E-state index contributed by atoms with van der Waals surface area (Å²) in [5.74, 6) is 0.994. The van der Waals surface area contributed by atoms with Crippen LogP contribution < -0.4 is 10.1 Å². The summed E-state index contributed by atoms with van der Waals surface area (Å²) in [5.41, 5.74) is 0. The number of thiophene rings is 2. The number of methoxy groups -OCH3 is 1. The van der Waals surface area contributed by atoms with Gasteiger partial charge in [0.05, 0.1) is 12.0 Å². The predicted molar refractivity (Wildman–Crippen MR) is 70.6 cm³/mol. The molecule has 0 atom stereocenters. The van der Waals surface area contributed by atoms with Crippen molar-refractivity contribution in [2.75, 3.05) is 13.7 Å². The molecule has 0 saturated carbocycles. The monoisotopic (exact) mass is 253 g/mol. The van der Waals surface area contributed by atoms with E-state index < -0.39 is 0 Å². The van der Waals surface area contributed by atoms with E-state index in [0.29, 0.717) is 0 Å². The fourth-order valence-electron chi connectivity index (χ4n) is 1.51. The molecule has 0 unspecified atom stereocenters. The number of hydrogen-bond donors (Lipinski definition) is 1. The Labute approximate surface area is 104 Å². The van der Waals surface area contributed by atoms with E-state index in [1.54, 1.807) is 18.4 Å². The molecule has 86 valence electrons. The first-order valence-electron chi connectivity index (χ1n) is 5.23. The molecule has 0 saturated heterocycles. The second kappa shape index (κ2) is 6.03. The van der Waals surface area contributed by atoms with E-state index in [1.807, 2.05) is 17.4 Å². The van der Waals surface area contributed by atoms with Crippen molar-refractivity contribution in [2.24, 2.45) is 0 Å². The molecule has 0 radical (unpaired) electrons. The molecule has 2 aromatic heterocycles. The highest BCUT2D eigenvalue weighted by Gasteiger charge is 2.03. The maximum absolute atomic E-state index is 5.26. The summed E-state index contributed by atoms with van der Waals surface area (Å²) in [6.07, 6.45) is 1.10. The van der Waals surface area contributed by atoms with Crippen molar-refractivity contribution >= 4 is 22.7 Å². The van der Waals surface area contributed by atoms with Crippen molar-refractivity contribution in [1.82, 2.24) is 5.32 Å². The van der Waals surface area contributed by atoms with Crippen LogP contribution in [0.15, 0.2) is 29.0 Å². The molecule has 0 fully saturated rings. The molecule has 2 aromatic rings. The Morgan fingerprint density at radius 3 is 2.94 bits per heavy atom. The van der Waals surface area contributed by atoms with Gasteiger partial charge in [-0.3, -0.25) is 0 Å². The molecule has 2 rings (SSSR count). The molecule has 0 spiro atoms. The van der Waals surface area contributed by atoms with Crippen LogP contribution >= 0.6 is 22.7 Å². The molecular formula is C12H15NOS2. The van der Waals surface area contributed by atoms with E-state index in [9.17, 15) is 0 Å². The van der Waals surface area contributed by atoms with Crippen LogP contribution in [-0.4, -0.2) is 13.7 Å². The van der Waals surface area contributed by atoms with Crippen LogP contribution in [0.1, 0.15) is 9.75 Å². The van der Waals surface area contributed by atoms with Crippen LogP contribution in [0.5, 0.6) is 5.75 Å². The lowest BCUT2D eigenvalue weighted by molar-refractivity contribution is 0.411. The molecule has 0 amide bonds. The first kappa shape index (κ1) is 11.6. The lowest BCUT2D eigenvalue weighted by Crippen LogP contribution is -2.15. The Balaban J connectivity index is 1.72. The molecule has 0 aliphatic rings. The predicted octanol–water partition coefficient (Wildman–Crippen LogP) is 3.15. The zero-order valence-corrected chi connectivity index (χ0v) is 10.9.